The highest BCUT2D eigenvalue weighted by atomic mass is 15.6. The van der Waals surface area contributed by atoms with E-state index in [1.54, 1.807) is 0 Å². The van der Waals surface area contributed by atoms with Crippen molar-refractivity contribution in [3.63, 3.8) is 0 Å². The molecule has 0 bridgehead atoms. The molecule has 2 heterocycles. The summed E-state index contributed by atoms with van der Waals surface area (Å²) in [5, 5.41) is 0. The quantitative estimate of drug-likeness (QED) is 0.629. The van der Waals surface area contributed by atoms with Crippen LogP contribution in [0.3, 0.4) is 0 Å². The van der Waals surface area contributed by atoms with Crippen LogP contribution in [0.5, 0.6) is 0 Å². The Morgan fingerprint density at radius 2 is 1.13 bits per heavy atom. The van der Waals surface area contributed by atoms with E-state index in [2.05, 4.69) is 21.0 Å². The van der Waals surface area contributed by atoms with E-state index in [1.807, 2.05) is 0 Å². The number of quaternary nitrogens is 2. The zero-order chi connectivity index (χ0) is 10.9. The second-order valence-electron chi connectivity index (χ2n) is 6.16. The molecule has 0 saturated carbocycles. The standard InChI is InChI=1S/C13H28N2/c1-4-13(14(2)9-5-6-10-14)15(3)11-7-8-12-15/h13H,4-12H2,1-3H3/q+2. The van der Waals surface area contributed by atoms with Crippen LogP contribution in [0.4, 0.5) is 0 Å². The Labute approximate surface area is 95.0 Å². The zero-order valence-electron chi connectivity index (χ0n) is 10.8. The molecule has 2 fully saturated rings. The van der Waals surface area contributed by atoms with E-state index in [1.165, 1.54) is 67.2 Å². The summed E-state index contributed by atoms with van der Waals surface area (Å²) in [4.78, 5) is 0. The Kier molecular flexibility index (Phi) is 3.09. The fraction of sp³-hybridized carbons (Fsp3) is 1.00. The van der Waals surface area contributed by atoms with E-state index in [4.69, 9.17) is 0 Å². The molecule has 0 spiro atoms. The fourth-order valence-electron chi connectivity index (χ4n) is 4.27. The van der Waals surface area contributed by atoms with Crippen LogP contribution in [0.2, 0.25) is 0 Å². The van der Waals surface area contributed by atoms with Crippen molar-refractivity contribution >= 4 is 0 Å². The van der Waals surface area contributed by atoms with Crippen molar-refractivity contribution in [2.45, 2.75) is 45.2 Å². The fourth-order valence-corrected chi connectivity index (χ4v) is 4.27. The summed E-state index contributed by atoms with van der Waals surface area (Å²) in [6, 6.07) is 0. The van der Waals surface area contributed by atoms with Gasteiger partial charge < -0.3 is 0 Å². The van der Waals surface area contributed by atoms with E-state index in [-0.39, 0.29) is 0 Å². The van der Waals surface area contributed by atoms with Gasteiger partial charge in [-0.2, -0.15) is 0 Å². The molecule has 0 aromatic carbocycles. The van der Waals surface area contributed by atoms with Gasteiger partial charge in [0.25, 0.3) is 0 Å². The third-order valence-corrected chi connectivity index (χ3v) is 4.98. The largest absolute Gasteiger partial charge is 0.277 e. The maximum atomic E-state index is 2.50. The molecule has 2 saturated heterocycles. The molecule has 15 heavy (non-hydrogen) atoms. The van der Waals surface area contributed by atoms with Crippen LogP contribution in [-0.2, 0) is 0 Å². The van der Waals surface area contributed by atoms with Gasteiger partial charge >= 0.3 is 0 Å². The van der Waals surface area contributed by atoms with Gasteiger partial charge in [-0.05, 0) is 0 Å². The first-order valence-electron chi connectivity index (χ1n) is 6.79. The summed E-state index contributed by atoms with van der Waals surface area (Å²) >= 11 is 0. The first-order valence-corrected chi connectivity index (χ1v) is 6.79. The molecule has 2 rings (SSSR count). The molecule has 2 aliphatic rings. The van der Waals surface area contributed by atoms with Crippen LogP contribution in [0.1, 0.15) is 39.0 Å². The van der Waals surface area contributed by atoms with Crippen LogP contribution in [0, 0.1) is 0 Å². The molecular formula is C13H28N2+2. The molecule has 0 amide bonds. The number of nitrogens with zero attached hydrogens (tertiary/aromatic N) is 2. The van der Waals surface area contributed by atoms with E-state index in [9.17, 15) is 0 Å². The lowest BCUT2D eigenvalue weighted by atomic mass is 10.2. The van der Waals surface area contributed by atoms with Gasteiger partial charge in [0, 0.05) is 25.7 Å². The highest BCUT2D eigenvalue weighted by Crippen LogP contribution is 2.32. The number of likely N-dealkylation sites (tertiary alicyclic amines) is 2. The minimum Gasteiger partial charge on any atom is -0.277 e. The number of hydrogen-bond acceptors (Lipinski definition) is 0. The smallest absolute Gasteiger partial charge is 0.216 e. The third kappa shape index (κ3) is 1.94. The molecule has 2 nitrogen and oxygen atoms in total. The summed E-state index contributed by atoms with van der Waals surface area (Å²) < 4.78 is 2.71. The molecule has 0 N–H and O–H groups in total. The second-order valence-corrected chi connectivity index (χ2v) is 6.16. The SMILES string of the molecule is CCC([N+]1(C)CCCC1)[N+]1(C)CCCC1. The van der Waals surface area contributed by atoms with Gasteiger partial charge in [-0.25, -0.2) is 0 Å². The van der Waals surface area contributed by atoms with Gasteiger partial charge in [0.15, 0.2) is 0 Å². The topological polar surface area (TPSA) is 0 Å². The summed E-state index contributed by atoms with van der Waals surface area (Å²) in [5.74, 6) is 0. The second kappa shape index (κ2) is 4.06. The average molecular weight is 212 g/mol. The normalized spacial score (nSPS) is 28.8. The van der Waals surface area contributed by atoms with Gasteiger partial charge in [0.1, 0.15) is 0 Å². The first-order chi connectivity index (χ1) is 7.11. The average Bonchev–Trinajstić information content (AvgIpc) is 2.77. The number of rotatable bonds is 3. The molecule has 0 unspecified atom stereocenters. The van der Waals surface area contributed by atoms with Gasteiger partial charge in [0.05, 0.1) is 46.7 Å². The lowest BCUT2D eigenvalue weighted by Crippen LogP contribution is -2.65. The van der Waals surface area contributed by atoms with Crippen molar-refractivity contribution in [2.24, 2.45) is 0 Å². The van der Waals surface area contributed by atoms with E-state index >= 15 is 0 Å². The molecule has 2 aliphatic heterocycles. The van der Waals surface area contributed by atoms with Gasteiger partial charge in [-0.1, -0.05) is 6.92 Å². The van der Waals surface area contributed by atoms with Crippen LogP contribution >= 0.6 is 0 Å². The highest BCUT2D eigenvalue weighted by Gasteiger charge is 2.47. The van der Waals surface area contributed by atoms with Crippen molar-refractivity contribution in [2.75, 3.05) is 40.3 Å². The van der Waals surface area contributed by atoms with Crippen LogP contribution < -0.4 is 0 Å². The van der Waals surface area contributed by atoms with Crippen molar-refractivity contribution in [3.8, 4) is 0 Å². The zero-order valence-corrected chi connectivity index (χ0v) is 10.8. The lowest BCUT2D eigenvalue weighted by Gasteiger charge is -2.46. The van der Waals surface area contributed by atoms with Gasteiger partial charge in [0.2, 0.25) is 6.17 Å². The van der Waals surface area contributed by atoms with Crippen LogP contribution in [0.25, 0.3) is 0 Å². The molecule has 2 heteroatoms. The number of hydrogen-bond donors (Lipinski definition) is 0. The Morgan fingerprint density at radius 3 is 1.40 bits per heavy atom. The summed E-state index contributed by atoms with van der Waals surface area (Å²) in [6.07, 6.45) is 8.03. The molecule has 0 radical (unpaired) electrons. The molecule has 0 aromatic heterocycles. The maximum absolute atomic E-state index is 2.50. The molecular weight excluding hydrogens is 184 g/mol. The summed E-state index contributed by atoms with van der Waals surface area (Å²) in [6.45, 7) is 8.09. The van der Waals surface area contributed by atoms with Crippen LogP contribution in [-0.4, -0.2) is 55.4 Å². The molecule has 0 aliphatic carbocycles. The first kappa shape index (κ1) is 11.4. The van der Waals surface area contributed by atoms with Crippen molar-refractivity contribution in [1.82, 2.24) is 0 Å². The Morgan fingerprint density at radius 1 is 0.800 bits per heavy atom. The highest BCUT2D eigenvalue weighted by molar-refractivity contribution is 4.60. The Balaban J connectivity index is 2.15. The lowest BCUT2D eigenvalue weighted by molar-refractivity contribution is -1.11. The predicted octanol–water partition coefficient (Wildman–Crippen LogP) is 2.20. The van der Waals surface area contributed by atoms with Crippen LogP contribution in [0.15, 0.2) is 0 Å². The molecule has 0 atom stereocenters. The van der Waals surface area contributed by atoms with Gasteiger partial charge in [-0.3, -0.25) is 8.97 Å². The summed E-state index contributed by atoms with van der Waals surface area (Å²) in [7, 11) is 5.01. The minimum absolute atomic E-state index is 0.870. The maximum Gasteiger partial charge on any atom is 0.216 e. The minimum atomic E-state index is 0.870. The Hall–Kier alpha value is -0.0800. The third-order valence-electron chi connectivity index (χ3n) is 4.98. The van der Waals surface area contributed by atoms with Gasteiger partial charge in [-0.15, -0.1) is 0 Å². The van der Waals surface area contributed by atoms with E-state index in [0.717, 1.165) is 6.17 Å². The predicted molar refractivity (Wildman–Crippen MR) is 64.4 cm³/mol. The Bertz CT molecular complexity index is 191. The molecule has 0 aromatic rings. The van der Waals surface area contributed by atoms with Crippen molar-refractivity contribution < 1.29 is 8.97 Å². The molecule has 88 valence electrons. The summed E-state index contributed by atoms with van der Waals surface area (Å²) in [5.41, 5.74) is 0. The monoisotopic (exact) mass is 212 g/mol. The van der Waals surface area contributed by atoms with Crippen molar-refractivity contribution in [3.05, 3.63) is 0 Å². The van der Waals surface area contributed by atoms with Crippen molar-refractivity contribution in [1.29, 1.82) is 0 Å². The van der Waals surface area contributed by atoms with E-state index in [0.29, 0.717) is 0 Å². The van der Waals surface area contributed by atoms with E-state index < -0.39 is 0 Å².